The number of hydrogen-bond donors (Lipinski definition) is 1. The van der Waals surface area contributed by atoms with Crippen LogP contribution < -0.4 is 19.5 Å². The fourth-order valence-corrected chi connectivity index (χ4v) is 3.91. The number of rotatable bonds is 5. The maximum absolute atomic E-state index is 12.5. The highest BCUT2D eigenvalue weighted by Crippen LogP contribution is 2.32. The van der Waals surface area contributed by atoms with Gasteiger partial charge in [-0.3, -0.25) is 9.59 Å². The molecule has 0 aromatic heterocycles. The minimum Gasteiger partial charge on any atom is -0.484 e. The summed E-state index contributed by atoms with van der Waals surface area (Å²) in [5, 5.41) is 3.76. The Morgan fingerprint density at radius 1 is 1.10 bits per heavy atom. The maximum atomic E-state index is 12.5. The highest BCUT2D eigenvalue weighted by Gasteiger charge is 2.25. The predicted molar refractivity (Wildman–Crippen MR) is 116 cm³/mol. The molecule has 0 unspecified atom stereocenters. The molecule has 164 valence electrons. The number of piperidine rings is 1. The van der Waals surface area contributed by atoms with E-state index in [-0.39, 0.29) is 31.3 Å². The molecule has 2 amide bonds. The third-order valence-corrected chi connectivity index (χ3v) is 6.19. The number of ether oxygens (including phenoxy) is 3. The number of hydrogen-bond acceptors (Lipinski definition) is 5. The van der Waals surface area contributed by atoms with Crippen molar-refractivity contribution in [3.05, 3.63) is 52.0 Å². The normalized spacial score (nSPS) is 15.6. The smallest absolute Gasteiger partial charge is 0.260 e. The Hall–Kier alpha value is -2.93. The van der Waals surface area contributed by atoms with Crippen LogP contribution in [0.3, 0.4) is 0 Å². The molecule has 4 rings (SSSR count). The van der Waals surface area contributed by atoms with Crippen LogP contribution >= 0.6 is 11.6 Å². The van der Waals surface area contributed by atoms with Crippen molar-refractivity contribution in [1.82, 2.24) is 10.2 Å². The molecule has 8 heteroatoms. The van der Waals surface area contributed by atoms with Gasteiger partial charge in [0.15, 0.2) is 18.1 Å². The lowest BCUT2D eigenvalue weighted by Gasteiger charge is -2.32. The number of likely N-dealkylation sites (tertiary alicyclic amines) is 1. The second-order valence-electron chi connectivity index (χ2n) is 7.86. The van der Waals surface area contributed by atoms with E-state index < -0.39 is 0 Å². The van der Waals surface area contributed by atoms with Crippen LogP contribution in [0.2, 0.25) is 5.02 Å². The van der Waals surface area contributed by atoms with Gasteiger partial charge in [0.25, 0.3) is 11.8 Å². The Morgan fingerprint density at radius 3 is 2.48 bits per heavy atom. The fraction of sp³-hybridized carbons (Fsp3) is 0.391. The second-order valence-corrected chi connectivity index (χ2v) is 8.23. The van der Waals surface area contributed by atoms with Crippen molar-refractivity contribution in [2.75, 3.05) is 26.5 Å². The average Bonchev–Trinajstić information content (AvgIpc) is 3.24. The van der Waals surface area contributed by atoms with Crippen LogP contribution in [-0.2, 0) is 4.79 Å². The molecule has 0 radical (unpaired) electrons. The van der Waals surface area contributed by atoms with Gasteiger partial charge in [-0.05, 0) is 68.1 Å². The van der Waals surface area contributed by atoms with Crippen molar-refractivity contribution in [2.24, 2.45) is 0 Å². The lowest BCUT2D eigenvalue weighted by atomic mass is 10.0. The van der Waals surface area contributed by atoms with Gasteiger partial charge in [-0.2, -0.15) is 0 Å². The van der Waals surface area contributed by atoms with E-state index in [2.05, 4.69) is 5.32 Å². The van der Waals surface area contributed by atoms with E-state index in [4.69, 9.17) is 25.8 Å². The molecule has 1 N–H and O–H groups in total. The molecule has 2 aromatic carbocycles. The van der Waals surface area contributed by atoms with E-state index in [1.165, 1.54) is 0 Å². The van der Waals surface area contributed by atoms with Crippen molar-refractivity contribution in [3.8, 4) is 17.2 Å². The average molecular weight is 445 g/mol. The number of aryl methyl sites for hydroxylation is 2. The Kier molecular flexibility index (Phi) is 6.23. The topological polar surface area (TPSA) is 77.1 Å². The summed E-state index contributed by atoms with van der Waals surface area (Å²) in [6.45, 7) is 5.13. The molecule has 0 spiro atoms. The Bertz CT molecular complexity index is 978. The number of carbonyl (C=O) groups is 2. The number of halogens is 1. The summed E-state index contributed by atoms with van der Waals surface area (Å²) >= 11 is 6.18. The lowest BCUT2D eigenvalue weighted by Crippen LogP contribution is -2.47. The number of nitrogens with one attached hydrogen (secondary N) is 1. The summed E-state index contributed by atoms with van der Waals surface area (Å²) < 4.78 is 16.3. The van der Waals surface area contributed by atoms with Crippen LogP contribution in [0.5, 0.6) is 17.2 Å². The molecule has 0 atom stereocenters. The molecule has 0 saturated carbocycles. The van der Waals surface area contributed by atoms with Crippen LogP contribution in [0.1, 0.15) is 34.3 Å². The molecule has 0 bridgehead atoms. The fourth-order valence-electron chi connectivity index (χ4n) is 3.81. The quantitative estimate of drug-likeness (QED) is 0.764. The minimum atomic E-state index is -0.153. The Labute approximate surface area is 186 Å². The third kappa shape index (κ3) is 4.88. The number of amides is 2. The third-order valence-electron chi connectivity index (χ3n) is 5.59. The number of carbonyl (C=O) groups excluding carboxylic acids is 2. The summed E-state index contributed by atoms with van der Waals surface area (Å²) in [5.74, 6) is 1.65. The van der Waals surface area contributed by atoms with Gasteiger partial charge in [-0.25, -0.2) is 0 Å². The molecule has 31 heavy (non-hydrogen) atoms. The first kappa shape index (κ1) is 21.3. The van der Waals surface area contributed by atoms with E-state index in [0.717, 1.165) is 11.1 Å². The van der Waals surface area contributed by atoms with Gasteiger partial charge in [0, 0.05) is 29.7 Å². The monoisotopic (exact) mass is 444 g/mol. The lowest BCUT2D eigenvalue weighted by molar-refractivity contribution is -0.134. The van der Waals surface area contributed by atoms with E-state index in [9.17, 15) is 9.59 Å². The molecular weight excluding hydrogens is 420 g/mol. The summed E-state index contributed by atoms with van der Waals surface area (Å²) in [5.41, 5.74) is 2.37. The van der Waals surface area contributed by atoms with Gasteiger partial charge in [0.1, 0.15) is 5.75 Å². The van der Waals surface area contributed by atoms with E-state index in [1.807, 2.05) is 26.0 Å². The van der Waals surface area contributed by atoms with Crippen LogP contribution in [0, 0.1) is 13.8 Å². The van der Waals surface area contributed by atoms with E-state index in [1.54, 1.807) is 23.1 Å². The van der Waals surface area contributed by atoms with Gasteiger partial charge >= 0.3 is 0 Å². The number of benzene rings is 2. The zero-order chi connectivity index (χ0) is 22.0. The van der Waals surface area contributed by atoms with Gasteiger partial charge < -0.3 is 24.4 Å². The Balaban J connectivity index is 1.24. The van der Waals surface area contributed by atoms with Crippen LogP contribution in [0.15, 0.2) is 30.3 Å². The zero-order valence-corrected chi connectivity index (χ0v) is 18.3. The predicted octanol–water partition coefficient (Wildman–Crippen LogP) is 3.49. The van der Waals surface area contributed by atoms with Crippen molar-refractivity contribution in [2.45, 2.75) is 32.7 Å². The molecular formula is C23H25ClN2O5. The van der Waals surface area contributed by atoms with Gasteiger partial charge in [-0.15, -0.1) is 0 Å². The highest BCUT2D eigenvalue weighted by atomic mass is 35.5. The summed E-state index contributed by atoms with van der Waals surface area (Å²) in [7, 11) is 0. The van der Waals surface area contributed by atoms with Gasteiger partial charge in [-0.1, -0.05) is 11.6 Å². The summed E-state index contributed by atoms with van der Waals surface area (Å²) in [6, 6.07) is 8.83. The first-order valence-electron chi connectivity index (χ1n) is 10.3. The zero-order valence-electron chi connectivity index (χ0n) is 17.6. The maximum Gasteiger partial charge on any atom is 0.260 e. The van der Waals surface area contributed by atoms with Crippen molar-refractivity contribution >= 4 is 23.4 Å². The standard InChI is InChI=1S/C23H25ClN2O5/c1-14-9-18(10-15(2)22(14)24)29-12-21(27)26-7-5-17(6-8-26)25-23(28)16-3-4-19-20(11-16)31-13-30-19/h3-4,9-11,17H,5-8,12-13H2,1-2H3,(H,25,28). The SMILES string of the molecule is Cc1cc(OCC(=O)N2CCC(NC(=O)c3ccc4c(c3)OCO4)CC2)cc(C)c1Cl. The summed E-state index contributed by atoms with van der Waals surface area (Å²) in [6.07, 6.45) is 1.39. The largest absolute Gasteiger partial charge is 0.484 e. The number of fused-ring (bicyclic) bond motifs is 1. The van der Waals surface area contributed by atoms with Gasteiger partial charge in [0.2, 0.25) is 6.79 Å². The molecule has 1 fully saturated rings. The first-order valence-corrected chi connectivity index (χ1v) is 10.7. The first-order chi connectivity index (χ1) is 14.9. The van der Waals surface area contributed by atoms with E-state index in [0.29, 0.717) is 53.8 Å². The van der Waals surface area contributed by atoms with Crippen LogP contribution in [0.4, 0.5) is 0 Å². The van der Waals surface area contributed by atoms with Crippen molar-refractivity contribution in [1.29, 1.82) is 0 Å². The molecule has 7 nitrogen and oxygen atoms in total. The molecule has 2 aromatic rings. The second kappa shape index (κ2) is 9.06. The minimum absolute atomic E-state index is 0.0180. The number of nitrogens with zero attached hydrogens (tertiary/aromatic N) is 1. The van der Waals surface area contributed by atoms with Crippen molar-refractivity contribution in [3.63, 3.8) is 0 Å². The highest BCUT2D eigenvalue weighted by molar-refractivity contribution is 6.32. The van der Waals surface area contributed by atoms with Crippen molar-refractivity contribution < 1.29 is 23.8 Å². The van der Waals surface area contributed by atoms with Gasteiger partial charge in [0.05, 0.1) is 0 Å². The van der Waals surface area contributed by atoms with E-state index >= 15 is 0 Å². The Morgan fingerprint density at radius 2 is 1.77 bits per heavy atom. The molecule has 1 saturated heterocycles. The molecule has 2 aliphatic heterocycles. The summed E-state index contributed by atoms with van der Waals surface area (Å²) in [4.78, 5) is 26.9. The van der Waals surface area contributed by atoms with Crippen LogP contribution in [-0.4, -0.2) is 49.2 Å². The molecule has 2 heterocycles. The molecule has 0 aliphatic carbocycles. The van der Waals surface area contributed by atoms with Crippen LogP contribution in [0.25, 0.3) is 0 Å². The molecule has 2 aliphatic rings.